The lowest BCUT2D eigenvalue weighted by Crippen LogP contribution is -2.20. The predicted octanol–water partition coefficient (Wildman–Crippen LogP) is 6.65. The van der Waals surface area contributed by atoms with Crippen LogP contribution in [-0.4, -0.2) is 33.2 Å². The molecule has 0 bridgehead atoms. The van der Waals surface area contributed by atoms with Crippen molar-refractivity contribution in [3.63, 3.8) is 0 Å². The Morgan fingerprint density at radius 2 is 1.93 bits per heavy atom. The van der Waals surface area contributed by atoms with Crippen LogP contribution in [0.2, 0.25) is 5.02 Å². The molecule has 1 aliphatic carbocycles. The number of benzene rings is 2. The second-order valence-corrected chi connectivity index (χ2v) is 12.0. The smallest absolute Gasteiger partial charge is 0.115 e. The highest BCUT2D eigenvalue weighted by molar-refractivity contribution is 6.35. The summed E-state index contributed by atoms with van der Waals surface area (Å²) in [6.07, 6.45) is 4.73. The molecular formula is C30H30ClFN8. The van der Waals surface area contributed by atoms with Gasteiger partial charge in [0.05, 0.1) is 51.2 Å². The van der Waals surface area contributed by atoms with E-state index in [1.165, 1.54) is 6.20 Å². The molecule has 5 rings (SSSR count). The molecule has 40 heavy (non-hydrogen) atoms. The number of hydrogen-bond acceptors (Lipinski definition) is 7. The molecule has 0 radical (unpaired) electrons. The summed E-state index contributed by atoms with van der Waals surface area (Å²) >= 11 is 6.74. The van der Waals surface area contributed by atoms with Crippen LogP contribution in [0, 0.1) is 35.0 Å². The maximum atomic E-state index is 13.8. The van der Waals surface area contributed by atoms with E-state index in [9.17, 15) is 14.9 Å². The lowest BCUT2D eigenvalue weighted by atomic mass is 9.95. The summed E-state index contributed by atoms with van der Waals surface area (Å²) in [6, 6.07) is 13.2. The van der Waals surface area contributed by atoms with E-state index in [1.807, 2.05) is 25.1 Å². The van der Waals surface area contributed by atoms with Gasteiger partial charge in [-0.25, -0.2) is 9.07 Å². The van der Waals surface area contributed by atoms with Gasteiger partial charge in [0.1, 0.15) is 18.4 Å². The average molecular weight is 557 g/mol. The average Bonchev–Trinajstić information content (AvgIpc) is 3.57. The predicted molar refractivity (Wildman–Crippen MR) is 154 cm³/mol. The monoisotopic (exact) mass is 556 g/mol. The maximum absolute atomic E-state index is 13.8. The van der Waals surface area contributed by atoms with E-state index in [4.69, 9.17) is 11.6 Å². The van der Waals surface area contributed by atoms with Gasteiger partial charge in [-0.1, -0.05) is 49.7 Å². The van der Waals surface area contributed by atoms with Gasteiger partial charge >= 0.3 is 0 Å². The number of anilines is 2. The van der Waals surface area contributed by atoms with Crippen LogP contribution in [-0.2, 0) is 5.54 Å². The van der Waals surface area contributed by atoms with Crippen LogP contribution in [0.4, 0.5) is 15.8 Å². The largest absolute Gasteiger partial charge is 0.383 e. The van der Waals surface area contributed by atoms with Gasteiger partial charge in [0, 0.05) is 23.8 Å². The van der Waals surface area contributed by atoms with E-state index in [2.05, 4.69) is 58.8 Å². The first kappa shape index (κ1) is 27.4. The topological polar surface area (TPSA) is 115 Å². The minimum Gasteiger partial charge on any atom is -0.383 e. The van der Waals surface area contributed by atoms with Crippen LogP contribution in [0.1, 0.15) is 67.6 Å². The number of nitrogens with zero attached hydrogens (tertiary/aromatic N) is 6. The van der Waals surface area contributed by atoms with Crippen LogP contribution in [0.3, 0.4) is 0 Å². The van der Waals surface area contributed by atoms with Gasteiger partial charge in [-0.2, -0.15) is 10.5 Å². The molecule has 2 aromatic carbocycles. The highest BCUT2D eigenvalue weighted by Crippen LogP contribution is 2.44. The van der Waals surface area contributed by atoms with Crippen LogP contribution in [0.15, 0.2) is 42.7 Å². The second-order valence-electron chi connectivity index (χ2n) is 11.6. The lowest BCUT2D eigenvalue weighted by molar-refractivity contribution is 0.309. The fourth-order valence-corrected chi connectivity index (χ4v) is 5.01. The Hall–Kier alpha value is -4.21. The first-order valence-corrected chi connectivity index (χ1v) is 13.5. The Labute approximate surface area is 237 Å². The van der Waals surface area contributed by atoms with Crippen molar-refractivity contribution >= 4 is 33.9 Å². The van der Waals surface area contributed by atoms with Crippen LogP contribution in [0.5, 0.6) is 0 Å². The van der Waals surface area contributed by atoms with Crippen molar-refractivity contribution in [3.05, 3.63) is 75.7 Å². The summed E-state index contributed by atoms with van der Waals surface area (Å²) in [4.78, 5) is 4.46. The number of halogens is 2. The van der Waals surface area contributed by atoms with E-state index in [1.54, 1.807) is 23.0 Å². The standard InChI is InChI=1S/C30H30ClFN8/c1-18-19(12-33)6-5-7-22(18)28(25-15-40(39-38-25)30(16-32)8-9-30)37-21-10-23-26(36-17-29(2,3)4)20(13-34)14-35-27(23)24(31)11-21/h5-7,10-11,14-15,28,37H,8-9,16-17H2,1-4H3,(H,35,36)/t28-/m0/s1. The van der Waals surface area contributed by atoms with Gasteiger partial charge in [-0.15, -0.1) is 5.10 Å². The zero-order chi connectivity index (χ0) is 28.7. The van der Waals surface area contributed by atoms with Crippen molar-refractivity contribution < 1.29 is 4.39 Å². The third-order valence-corrected chi connectivity index (χ3v) is 7.62. The quantitative estimate of drug-likeness (QED) is 0.249. The Kier molecular flexibility index (Phi) is 7.12. The first-order valence-electron chi connectivity index (χ1n) is 13.1. The van der Waals surface area contributed by atoms with Gasteiger partial charge < -0.3 is 10.6 Å². The summed E-state index contributed by atoms with van der Waals surface area (Å²) < 4.78 is 15.4. The summed E-state index contributed by atoms with van der Waals surface area (Å²) in [6.45, 7) is 8.36. The number of hydrogen-bond donors (Lipinski definition) is 2. The molecule has 4 aromatic rings. The van der Waals surface area contributed by atoms with Crippen LogP contribution < -0.4 is 10.6 Å². The van der Waals surface area contributed by atoms with Crippen molar-refractivity contribution in [3.8, 4) is 12.1 Å². The molecule has 2 heterocycles. The van der Waals surface area contributed by atoms with Gasteiger partial charge in [0.15, 0.2) is 0 Å². The number of fused-ring (bicyclic) bond motifs is 1. The highest BCUT2D eigenvalue weighted by atomic mass is 35.5. The van der Waals surface area contributed by atoms with Crippen molar-refractivity contribution in [2.75, 3.05) is 23.9 Å². The molecule has 2 aromatic heterocycles. The molecule has 204 valence electrons. The second kappa shape index (κ2) is 10.4. The number of nitrogens with one attached hydrogen (secondary N) is 2. The molecule has 2 N–H and O–H groups in total. The molecule has 8 nitrogen and oxygen atoms in total. The Morgan fingerprint density at radius 1 is 1.18 bits per heavy atom. The Balaban J connectivity index is 1.62. The molecule has 0 spiro atoms. The number of alkyl halides is 1. The summed E-state index contributed by atoms with van der Waals surface area (Å²) in [5.74, 6) is 0. The first-order chi connectivity index (χ1) is 19.1. The highest BCUT2D eigenvalue weighted by Gasteiger charge is 2.46. The van der Waals surface area contributed by atoms with Gasteiger partial charge in [0.2, 0.25) is 0 Å². The third-order valence-electron chi connectivity index (χ3n) is 7.33. The SMILES string of the molecule is Cc1c(C#N)cccc1[C@H](Nc1cc(Cl)c2ncc(C#N)c(NCC(C)(C)C)c2c1)c1cn(C2(CF)CC2)nn1. The van der Waals surface area contributed by atoms with Gasteiger partial charge in [0.25, 0.3) is 0 Å². The molecule has 0 saturated heterocycles. The van der Waals surface area contributed by atoms with Crippen LogP contribution in [0.25, 0.3) is 10.9 Å². The Bertz CT molecular complexity index is 1670. The van der Waals surface area contributed by atoms with E-state index >= 15 is 0 Å². The number of rotatable bonds is 8. The molecule has 0 unspecified atom stereocenters. The van der Waals surface area contributed by atoms with Crippen molar-refractivity contribution in [1.29, 1.82) is 10.5 Å². The lowest BCUT2D eigenvalue weighted by Gasteiger charge is -2.23. The minimum atomic E-state index is -0.626. The van der Waals surface area contributed by atoms with Crippen LogP contribution >= 0.6 is 11.6 Å². The number of aromatic nitrogens is 4. The van der Waals surface area contributed by atoms with E-state index in [0.717, 1.165) is 11.1 Å². The third kappa shape index (κ3) is 5.17. The fraction of sp³-hybridized carbons (Fsp3) is 0.367. The van der Waals surface area contributed by atoms with Crippen molar-refractivity contribution in [1.82, 2.24) is 20.0 Å². The minimum absolute atomic E-state index is 0.0271. The zero-order valence-electron chi connectivity index (χ0n) is 22.9. The van der Waals surface area contributed by atoms with Crippen molar-refractivity contribution in [2.24, 2.45) is 5.41 Å². The molecule has 1 fully saturated rings. The molecule has 0 aliphatic heterocycles. The van der Waals surface area contributed by atoms with Gasteiger partial charge in [-0.3, -0.25) is 4.98 Å². The zero-order valence-corrected chi connectivity index (χ0v) is 23.6. The molecule has 1 saturated carbocycles. The van der Waals surface area contributed by atoms with E-state index < -0.39 is 18.3 Å². The Morgan fingerprint density at radius 3 is 2.58 bits per heavy atom. The number of nitriles is 2. The van der Waals surface area contributed by atoms with Gasteiger partial charge in [-0.05, 0) is 54.5 Å². The molecular weight excluding hydrogens is 527 g/mol. The summed E-state index contributed by atoms with van der Waals surface area (Å²) in [7, 11) is 0. The summed E-state index contributed by atoms with van der Waals surface area (Å²) in [5.41, 5.74) is 4.45. The van der Waals surface area contributed by atoms with E-state index in [0.29, 0.717) is 63.5 Å². The van der Waals surface area contributed by atoms with Crippen molar-refractivity contribution in [2.45, 2.75) is 52.1 Å². The number of pyridine rings is 1. The maximum Gasteiger partial charge on any atom is 0.115 e. The molecule has 10 heteroatoms. The van der Waals surface area contributed by atoms with E-state index in [-0.39, 0.29) is 5.41 Å². The summed E-state index contributed by atoms with van der Waals surface area (Å²) in [5, 5.41) is 36.3. The normalized spacial score (nSPS) is 14.8. The molecule has 1 atom stereocenters. The fourth-order valence-electron chi connectivity index (χ4n) is 4.75. The molecule has 1 aliphatic rings. The molecule has 0 amide bonds.